The van der Waals surface area contributed by atoms with Gasteiger partial charge in [-0.3, -0.25) is 4.57 Å². The number of rotatable bonds is 3. The van der Waals surface area contributed by atoms with Gasteiger partial charge in [0.15, 0.2) is 11.6 Å². The maximum Gasteiger partial charge on any atom is 0.238 e. The first kappa shape index (κ1) is 27.1. The van der Waals surface area contributed by atoms with Gasteiger partial charge in [0.05, 0.1) is 11.0 Å². The average Bonchev–Trinajstić information content (AvgIpc) is 3.74. The van der Waals surface area contributed by atoms with Gasteiger partial charge in [-0.05, 0) is 45.8 Å². The lowest BCUT2D eigenvalue weighted by Crippen LogP contribution is -2.06. The highest BCUT2D eigenvalue weighted by Gasteiger charge is 2.23. The standard InChI is InChI=1S/C45H26N4O/c1-2-14-29(15-3-1)43-46-44(48-45(47-43)49-37-20-10-8-18-33(37)34-19-9-11-21-38(34)49)36-26-30-23-22-27-12-4-6-16-31(27)39(30)42-40(36)35-25-24-28-13-5-7-17-32(28)41(35)50-42/h1-26H. The summed E-state index contributed by atoms with van der Waals surface area (Å²) in [5.41, 5.74) is 5.60. The predicted octanol–water partition coefficient (Wildman–Crippen LogP) is 11.7. The predicted molar refractivity (Wildman–Crippen MR) is 205 cm³/mol. The molecule has 0 atom stereocenters. The number of nitrogens with zero attached hydrogens (tertiary/aromatic N) is 4. The van der Waals surface area contributed by atoms with Gasteiger partial charge >= 0.3 is 0 Å². The third-order valence-electron chi connectivity index (χ3n) is 10.0. The van der Waals surface area contributed by atoms with Crippen LogP contribution in [-0.2, 0) is 0 Å². The summed E-state index contributed by atoms with van der Waals surface area (Å²) in [6.45, 7) is 0. The van der Waals surface area contributed by atoms with Crippen LogP contribution in [0.25, 0.3) is 105 Å². The van der Waals surface area contributed by atoms with Crippen molar-refractivity contribution in [2.24, 2.45) is 0 Å². The zero-order valence-corrected chi connectivity index (χ0v) is 26.7. The van der Waals surface area contributed by atoms with Crippen molar-refractivity contribution in [2.45, 2.75) is 0 Å². The van der Waals surface area contributed by atoms with E-state index in [1.165, 1.54) is 5.39 Å². The molecule has 0 saturated carbocycles. The summed E-state index contributed by atoms with van der Waals surface area (Å²) in [5.74, 6) is 1.76. The molecule has 232 valence electrons. The molecule has 0 radical (unpaired) electrons. The van der Waals surface area contributed by atoms with Gasteiger partial charge in [-0.15, -0.1) is 0 Å². The molecule has 0 aliphatic heterocycles. The van der Waals surface area contributed by atoms with Gasteiger partial charge in [0.2, 0.25) is 5.95 Å². The monoisotopic (exact) mass is 638 g/mol. The van der Waals surface area contributed by atoms with Crippen molar-refractivity contribution in [1.29, 1.82) is 0 Å². The molecule has 11 rings (SSSR count). The molecule has 11 aromatic rings. The number of para-hydroxylation sites is 2. The van der Waals surface area contributed by atoms with Crippen LogP contribution in [0.1, 0.15) is 0 Å². The van der Waals surface area contributed by atoms with E-state index in [-0.39, 0.29) is 0 Å². The number of furan rings is 1. The minimum Gasteiger partial charge on any atom is -0.455 e. The van der Waals surface area contributed by atoms with Gasteiger partial charge in [0, 0.05) is 43.4 Å². The Bertz CT molecular complexity index is 3100. The van der Waals surface area contributed by atoms with Crippen molar-refractivity contribution in [1.82, 2.24) is 19.5 Å². The molecule has 5 heteroatoms. The van der Waals surface area contributed by atoms with E-state index in [2.05, 4.69) is 144 Å². The van der Waals surface area contributed by atoms with Crippen molar-refractivity contribution in [3.63, 3.8) is 0 Å². The molecule has 8 aromatic carbocycles. The average molecular weight is 639 g/mol. The normalized spacial score (nSPS) is 12.0. The molecular formula is C45H26N4O. The second-order valence-corrected chi connectivity index (χ2v) is 12.8. The second-order valence-electron chi connectivity index (χ2n) is 12.8. The minimum absolute atomic E-state index is 0.566. The van der Waals surface area contributed by atoms with Gasteiger partial charge < -0.3 is 4.42 Å². The van der Waals surface area contributed by atoms with Gasteiger partial charge in [-0.1, -0.05) is 133 Å². The SMILES string of the molecule is c1ccc(-c2nc(-c3cc4ccc5ccccc5c4c4oc5c6ccccc6ccc5c34)nc(-n3c4ccccc4c4ccccc43)n2)cc1. The number of hydrogen-bond acceptors (Lipinski definition) is 4. The van der Waals surface area contributed by atoms with E-state index in [0.717, 1.165) is 81.8 Å². The minimum atomic E-state index is 0.566. The molecule has 0 spiro atoms. The summed E-state index contributed by atoms with van der Waals surface area (Å²) in [5, 5.41) is 11.0. The molecule has 0 bridgehead atoms. The Hall–Kier alpha value is -6.85. The van der Waals surface area contributed by atoms with E-state index in [9.17, 15) is 0 Å². The van der Waals surface area contributed by atoms with Crippen molar-refractivity contribution in [3.8, 4) is 28.7 Å². The molecule has 0 fully saturated rings. The van der Waals surface area contributed by atoms with Crippen LogP contribution in [0.15, 0.2) is 162 Å². The number of benzene rings is 8. The molecule has 0 saturated heterocycles. The van der Waals surface area contributed by atoms with Crippen LogP contribution in [0, 0.1) is 0 Å². The third-order valence-corrected chi connectivity index (χ3v) is 10.0. The molecule has 0 aliphatic rings. The van der Waals surface area contributed by atoms with Crippen LogP contribution in [0.5, 0.6) is 0 Å². The Labute approximate surface area is 285 Å². The highest BCUT2D eigenvalue weighted by atomic mass is 16.3. The molecule has 50 heavy (non-hydrogen) atoms. The van der Waals surface area contributed by atoms with Gasteiger partial charge in [-0.2, -0.15) is 9.97 Å². The quantitative estimate of drug-likeness (QED) is 0.181. The highest BCUT2D eigenvalue weighted by molar-refractivity contribution is 6.28. The Balaban J connectivity index is 1.31. The number of fused-ring (bicyclic) bond motifs is 12. The van der Waals surface area contributed by atoms with Crippen molar-refractivity contribution in [3.05, 3.63) is 158 Å². The Morgan fingerprint density at radius 1 is 0.400 bits per heavy atom. The summed E-state index contributed by atoms with van der Waals surface area (Å²) in [6.07, 6.45) is 0. The van der Waals surface area contributed by atoms with Crippen LogP contribution >= 0.6 is 0 Å². The summed E-state index contributed by atoms with van der Waals surface area (Å²) in [4.78, 5) is 15.7. The maximum absolute atomic E-state index is 7.01. The van der Waals surface area contributed by atoms with Crippen LogP contribution in [0.2, 0.25) is 0 Å². The molecule has 0 aliphatic carbocycles. The first-order chi connectivity index (χ1) is 24.8. The largest absolute Gasteiger partial charge is 0.455 e. The molecule has 0 N–H and O–H groups in total. The zero-order chi connectivity index (χ0) is 32.8. The lowest BCUT2D eigenvalue weighted by molar-refractivity contribution is 0.677. The van der Waals surface area contributed by atoms with Crippen LogP contribution < -0.4 is 0 Å². The van der Waals surface area contributed by atoms with Crippen LogP contribution in [0.4, 0.5) is 0 Å². The lowest BCUT2D eigenvalue weighted by Gasteiger charge is -2.13. The molecule has 0 amide bonds. The van der Waals surface area contributed by atoms with Gasteiger partial charge in [0.1, 0.15) is 11.2 Å². The summed E-state index contributed by atoms with van der Waals surface area (Å²) < 4.78 is 9.17. The first-order valence-electron chi connectivity index (χ1n) is 16.8. The molecule has 3 aromatic heterocycles. The van der Waals surface area contributed by atoms with Crippen molar-refractivity contribution < 1.29 is 4.42 Å². The smallest absolute Gasteiger partial charge is 0.238 e. The number of aromatic nitrogens is 4. The zero-order valence-electron chi connectivity index (χ0n) is 26.7. The van der Waals surface area contributed by atoms with E-state index in [1.54, 1.807) is 0 Å². The summed E-state index contributed by atoms with van der Waals surface area (Å²) in [6, 6.07) is 54.9. The topological polar surface area (TPSA) is 56.7 Å². The lowest BCUT2D eigenvalue weighted by atomic mass is 9.95. The Morgan fingerprint density at radius 3 is 1.74 bits per heavy atom. The molecule has 0 unspecified atom stereocenters. The first-order valence-corrected chi connectivity index (χ1v) is 16.8. The van der Waals surface area contributed by atoms with Crippen LogP contribution in [-0.4, -0.2) is 19.5 Å². The molecule has 5 nitrogen and oxygen atoms in total. The third kappa shape index (κ3) is 3.86. The fourth-order valence-corrected chi connectivity index (χ4v) is 7.77. The Kier molecular flexibility index (Phi) is 5.60. The van der Waals surface area contributed by atoms with E-state index >= 15 is 0 Å². The highest BCUT2D eigenvalue weighted by Crippen LogP contribution is 2.45. The van der Waals surface area contributed by atoms with Gasteiger partial charge in [-0.25, -0.2) is 4.98 Å². The van der Waals surface area contributed by atoms with E-state index < -0.39 is 0 Å². The van der Waals surface area contributed by atoms with E-state index in [4.69, 9.17) is 19.4 Å². The Morgan fingerprint density at radius 2 is 0.980 bits per heavy atom. The maximum atomic E-state index is 7.01. The van der Waals surface area contributed by atoms with E-state index in [0.29, 0.717) is 17.6 Å². The van der Waals surface area contributed by atoms with Crippen LogP contribution in [0.3, 0.4) is 0 Å². The molecular weight excluding hydrogens is 613 g/mol. The summed E-state index contributed by atoms with van der Waals surface area (Å²) in [7, 11) is 0. The van der Waals surface area contributed by atoms with Gasteiger partial charge in [0.25, 0.3) is 0 Å². The fraction of sp³-hybridized carbons (Fsp3) is 0. The van der Waals surface area contributed by atoms with Crippen molar-refractivity contribution >= 4 is 76.1 Å². The number of hydrogen-bond donors (Lipinski definition) is 0. The van der Waals surface area contributed by atoms with Crippen molar-refractivity contribution in [2.75, 3.05) is 0 Å². The summed E-state index contributed by atoms with van der Waals surface area (Å²) >= 11 is 0. The molecule has 3 heterocycles. The van der Waals surface area contributed by atoms with E-state index in [1.807, 2.05) is 18.2 Å². The second kappa shape index (κ2) is 10.3. The fourth-order valence-electron chi connectivity index (χ4n) is 7.77.